The molecule has 2 fully saturated rings. The molecule has 2 saturated heterocycles. The first kappa shape index (κ1) is 68.8. The van der Waals surface area contributed by atoms with Crippen LogP contribution in [-0.4, -0.2) is 140 Å². The topological polar surface area (TPSA) is 228 Å². The normalized spacial score (nSPS) is 25.5. The number of aliphatic hydroxyl groups is 8. The van der Waals surface area contributed by atoms with Crippen molar-refractivity contribution in [3.05, 3.63) is 60.8 Å². The van der Waals surface area contributed by atoms with E-state index in [4.69, 9.17) is 18.9 Å². The molecule has 2 aliphatic heterocycles. The lowest BCUT2D eigenvalue weighted by molar-refractivity contribution is -0.359. The molecule has 0 bridgehead atoms. The van der Waals surface area contributed by atoms with Gasteiger partial charge in [0, 0.05) is 6.42 Å². The summed E-state index contributed by atoms with van der Waals surface area (Å²) in [6.45, 7) is 2.67. The highest BCUT2D eigenvalue weighted by Gasteiger charge is 2.51. The van der Waals surface area contributed by atoms with Gasteiger partial charge < -0.3 is 65.1 Å². The molecule has 0 spiro atoms. The second-order valence-electron chi connectivity index (χ2n) is 21.1. The molecule has 2 aliphatic rings. The van der Waals surface area contributed by atoms with Crippen LogP contribution in [0.25, 0.3) is 0 Å². The number of nitrogens with one attached hydrogen (secondary N) is 1. The zero-order valence-electron chi connectivity index (χ0n) is 46.8. The third kappa shape index (κ3) is 32.4. The summed E-state index contributed by atoms with van der Waals surface area (Å²) in [7, 11) is 0. The molecule has 14 heteroatoms. The maximum atomic E-state index is 13.2. The molecule has 2 heterocycles. The molecule has 2 rings (SSSR count). The molecular formula is C61H109NO13. The summed E-state index contributed by atoms with van der Waals surface area (Å²) in [5.74, 6) is -0.260. The Bertz CT molecular complexity index is 1490. The van der Waals surface area contributed by atoms with Crippen LogP contribution in [0, 0.1) is 0 Å². The van der Waals surface area contributed by atoms with E-state index < -0.39 is 86.8 Å². The molecule has 14 nitrogen and oxygen atoms in total. The molecule has 0 aliphatic carbocycles. The number of carbonyl (C=O) groups is 1. The second kappa shape index (κ2) is 46.6. The van der Waals surface area contributed by atoms with Crippen molar-refractivity contribution >= 4 is 5.91 Å². The lowest BCUT2D eigenvalue weighted by atomic mass is 9.97. The van der Waals surface area contributed by atoms with Gasteiger partial charge in [-0.3, -0.25) is 4.79 Å². The first-order valence-corrected chi connectivity index (χ1v) is 30.0. The Labute approximate surface area is 454 Å². The van der Waals surface area contributed by atoms with Crippen molar-refractivity contribution < 1.29 is 64.6 Å². The van der Waals surface area contributed by atoms with Gasteiger partial charge in [0.25, 0.3) is 0 Å². The van der Waals surface area contributed by atoms with Crippen LogP contribution in [0.1, 0.15) is 226 Å². The Balaban J connectivity index is 1.78. The average Bonchev–Trinajstić information content (AvgIpc) is 3.41. The van der Waals surface area contributed by atoms with Crippen LogP contribution in [0.4, 0.5) is 0 Å². The Kier molecular flexibility index (Phi) is 42.7. The van der Waals surface area contributed by atoms with E-state index in [-0.39, 0.29) is 18.9 Å². The number of amides is 1. The van der Waals surface area contributed by atoms with E-state index in [9.17, 15) is 45.6 Å². The molecular weight excluding hydrogens is 955 g/mol. The van der Waals surface area contributed by atoms with Gasteiger partial charge in [-0.05, 0) is 64.2 Å². The van der Waals surface area contributed by atoms with Crippen LogP contribution in [0.3, 0.4) is 0 Å². The fraction of sp³-hybridized carbons (Fsp3) is 0.820. The Hall–Kier alpha value is -2.31. The van der Waals surface area contributed by atoms with E-state index in [1.165, 1.54) is 122 Å². The van der Waals surface area contributed by atoms with Crippen LogP contribution in [0.2, 0.25) is 0 Å². The SMILES string of the molecule is CC/C=C\C/C=C\C/C=C\CCCCCCCCCC(=O)NC(COC1OC(CO)C(OC2OC(CO)C(O)C(O)C2O)C(O)C1O)C(O)/C=C/CC/C=C/CCCCCCCCCCCCCCCCCCCC. The van der Waals surface area contributed by atoms with Gasteiger partial charge in [0.2, 0.25) is 5.91 Å². The number of aliphatic hydroxyl groups excluding tert-OH is 8. The molecule has 0 aromatic heterocycles. The maximum absolute atomic E-state index is 13.2. The van der Waals surface area contributed by atoms with Crippen LogP contribution in [0.15, 0.2) is 60.8 Å². The van der Waals surface area contributed by atoms with E-state index in [2.05, 4.69) is 67.8 Å². The summed E-state index contributed by atoms with van der Waals surface area (Å²) < 4.78 is 22.8. The first-order valence-electron chi connectivity index (χ1n) is 30.0. The van der Waals surface area contributed by atoms with Gasteiger partial charge >= 0.3 is 0 Å². The van der Waals surface area contributed by atoms with Crippen molar-refractivity contribution in [3.63, 3.8) is 0 Å². The molecule has 436 valence electrons. The fourth-order valence-corrected chi connectivity index (χ4v) is 9.62. The van der Waals surface area contributed by atoms with Gasteiger partial charge in [0.15, 0.2) is 12.6 Å². The largest absolute Gasteiger partial charge is 0.394 e. The highest BCUT2D eigenvalue weighted by atomic mass is 16.7. The average molecular weight is 1060 g/mol. The molecule has 0 aromatic carbocycles. The van der Waals surface area contributed by atoms with Gasteiger partial charge in [0.05, 0.1) is 32.0 Å². The first-order chi connectivity index (χ1) is 36.6. The number of allylic oxidation sites excluding steroid dienone is 9. The number of rotatable bonds is 47. The van der Waals surface area contributed by atoms with E-state index in [0.717, 1.165) is 70.6 Å². The minimum atomic E-state index is -1.79. The number of hydrogen-bond acceptors (Lipinski definition) is 13. The molecule has 0 aromatic rings. The summed E-state index contributed by atoms with van der Waals surface area (Å²) in [6.07, 6.45) is 42.6. The quantitative estimate of drug-likeness (QED) is 0.0204. The summed E-state index contributed by atoms with van der Waals surface area (Å²) in [5.41, 5.74) is 0. The predicted octanol–water partition coefficient (Wildman–Crippen LogP) is 10.2. The molecule has 75 heavy (non-hydrogen) atoms. The molecule has 9 N–H and O–H groups in total. The highest BCUT2D eigenvalue weighted by Crippen LogP contribution is 2.30. The Morgan fingerprint density at radius 3 is 1.47 bits per heavy atom. The van der Waals surface area contributed by atoms with Crippen LogP contribution in [0.5, 0.6) is 0 Å². The van der Waals surface area contributed by atoms with Crippen molar-refractivity contribution in [1.29, 1.82) is 0 Å². The zero-order chi connectivity index (χ0) is 54.6. The Morgan fingerprint density at radius 2 is 0.933 bits per heavy atom. The van der Waals surface area contributed by atoms with Crippen molar-refractivity contribution in [2.75, 3.05) is 19.8 Å². The fourth-order valence-electron chi connectivity index (χ4n) is 9.62. The van der Waals surface area contributed by atoms with Gasteiger partial charge in [-0.15, -0.1) is 0 Å². The van der Waals surface area contributed by atoms with Crippen LogP contribution >= 0.6 is 0 Å². The van der Waals surface area contributed by atoms with Gasteiger partial charge in [-0.25, -0.2) is 0 Å². The highest BCUT2D eigenvalue weighted by molar-refractivity contribution is 5.76. The zero-order valence-corrected chi connectivity index (χ0v) is 46.8. The maximum Gasteiger partial charge on any atom is 0.220 e. The molecule has 0 radical (unpaired) electrons. The summed E-state index contributed by atoms with van der Waals surface area (Å²) in [4.78, 5) is 13.2. The smallest absolute Gasteiger partial charge is 0.220 e. The summed E-state index contributed by atoms with van der Waals surface area (Å²) >= 11 is 0. The van der Waals surface area contributed by atoms with Crippen molar-refractivity contribution in [2.24, 2.45) is 0 Å². The van der Waals surface area contributed by atoms with Crippen LogP contribution < -0.4 is 5.32 Å². The predicted molar refractivity (Wildman–Crippen MR) is 300 cm³/mol. The van der Waals surface area contributed by atoms with Crippen molar-refractivity contribution in [3.8, 4) is 0 Å². The molecule has 1 amide bonds. The summed E-state index contributed by atoms with van der Waals surface area (Å²) in [5, 5.41) is 87.1. The third-order valence-electron chi connectivity index (χ3n) is 14.4. The van der Waals surface area contributed by atoms with E-state index in [0.29, 0.717) is 12.8 Å². The monoisotopic (exact) mass is 1060 g/mol. The second-order valence-corrected chi connectivity index (χ2v) is 21.1. The van der Waals surface area contributed by atoms with Crippen LogP contribution in [-0.2, 0) is 23.7 Å². The van der Waals surface area contributed by atoms with Crippen molar-refractivity contribution in [2.45, 2.75) is 299 Å². The number of hydrogen-bond donors (Lipinski definition) is 9. The van der Waals surface area contributed by atoms with Gasteiger partial charge in [-0.2, -0.15) is 0 Å². The standard InChI is InChI=1S/C61H109NO13/c1-3-5-7-9-11-13-15-17-19-21-22-23-24-25-26-27-29-30-32-34-36-38-40-42-44-50(65)49(62-53(66)45-43-41-39-37-35-33-31-28-20-18-16-14-12-10-8-6-4-2)48-72-60-58(71)56(69)59(52(47-64)74-60)75-61-57(70)55(68)54(67)51(46-63)73-61/h6,8,12,14,18,20,34,36,42,44,49-52,54-61,63-65,67-71H,3-5,7,9-11,13,15-17,19,21-33,35,37-41,43,45-48H2,1-2H3,(H,62,66)/b8-6-,14-12-,20-18-,36-34+,44-42+. The van der Waals surface area contributed by atoms with Crippen molar-refractivity contribution in [1.82, 2.24) is 5.32 Å². The number of unbranched alkanes of at least 4 members (excludes halogenated alkanes) is 26. The minimum Gasteiger partial charge on any atom is -0.394 e. The van der Waals surface area contributed by atoms with E-state index in [1.54, 1.807) is 6.08 Å². The van der Waals surface area contributed by atoms with E-state index >= 15 is 0 Å². The molecule has 0 saturated carbocycles. The lowest BCUT2D eigenvalue weighted by Gasteiger charge is -2.46. The third-order valence-corrected chi connectivity index (χ3v) is 14.4. The number of carbonyl (C=O) groups excluding carboxylic acids is 1. The van der Waals surface area contributed by atoms with Gasteiger partial charge in [-0.1, -0.05) is 216 Å². The Morgan fingerprint density at radius 1 is 0.493 bits per heavy atom. The summed E-state index contributed by atoms with van der Waals surface area (Å²) in [6, 6.07) is -0.939. The van der Waals surface area contributed by atoms with E-state index in [1.807, 2.05) is 6.08 Å². The molecule has 12 atom stereocenters. The lowest BCUT2D eigenvalue weighted by Crippen LogP contribution is -2.65. The van der Waals surface area contributed by atoms with Gasteiger partial charge in [0.1, 0.15) is 48.8 Å². The number of ether oxygens (including phenoxy) is 4. The minimum absolute atomic E-state index is 0.260. The molecule has 12 unspecified atom stereocenters.